The van der Waals surface area contributed by atoms with Crippen molar-refractivity contribution in [3.05, 3.63) is 143 Å². The van der Waals surface area contributed by atoms with E-state index < -0.39 is 18.6 Å². The molecule has 0 bridgehead atoms. The Kier molecular flexibility index (Phi) is 9.25. The third-order valence-corrected chi connectivity index (χ3v) is 11.6. The van der Waals surface area contributed by atoms with Crippen molar-refractivity contribution in [3.8, 4) is 22.5 Å². The minimum Gasteiger partial charge on any atom is -0.501 e. The third kappa shape index (κ3) is 7.79. The molecular weight excluding hydrogens is 885 g/mol. The number of aromatic nitrogens is 2. The predicted octanol–water partition coefficient (Wildman–Crippen LogP) is 14.8. The second-order valence-electron chi connectivity index (χ2n) is 19.1. The fourth-order valence-electron chi connectivity index (χ4n) is 8.54. The number of benzene rings is 5. The second kappa shape index (κ2) is 15.2. The number of fused-ring (bicyclic) bond motifs is 9. The molecule has 4 heteroatoms. The van der Waals surface area contributed by atoms with Crippen LogP contribution in [-0.2, 0) is 42.7 Å². The Hall–Kier alpha value is -4.63. The van der Waals surface area contributed by atoms with E-state index >= 15 is 0 Å². The van der Waals surface area contributed by atoms with Crippen LogP contribution in [0.15, 0.2) is 108 Å². The van der Waals surface area contributed by atoms with Gasteiger partial charge in [-0.3, -0.25) is 0 Å². The molecule has 5 aromatic carbocycles. The van der Waals surface area contributed by atoms with Gasteiger partial charge in [0.25, 0.3) is 0 Å². The van der Waals surface area contributed by atoms with Gasteiger partial charge in [0.2, 0.25) is 0 Å². The Morgan fingerprint density at radius 3 is 2.02 bits per heavy atom. The number of hydrogen-bond donors (Lipinski definition) is 0. The monoisotopic (exact) mass is 946 g/mol. The number of pyridine rings is 2. The predicted molar refractivity (Wildman–Crippen MR) is 241 cm³/mol. The maximum absolute atomic E-state index is 8.99. The average molecular weight is 946 g/mol. The summed E-state index contributed by atoms with van der Waals surface area (Å²) in [4.78, 5) is 9.05. The van der Waals surface area contributed by atoms with Gasteiger partial charge in [0, 0.05) is 44.7 Å². The van der Waals surface area contributed by atoms with Gasteiger partial charge in [-0.15, -0.1) is 54.1 Å². The molecule has 3 aromatic heterocycles. The number of furan rings is 1. The van der Waals surface area contributed by atoms with E-state index in [2.05, 4.69) is 119 Å². The summed E-state index contributed by atoms with van der Waals surface area (Å²) in [5.41, 5.74) is 7.85. The van der Waals surface area contributed by atoms with Crippen molar-refractivity contribution in [2.75, 3.05) is 0 Å². The van der Waals surface area contributed by atoms with Gasteiger partial charge >= 0.3 is 0 Å². The number of nitrogens with zero attached hydrogens (tertiary/aromatic N) is 2. The van der Waals surface area contributed by atoms with Crippen LogP contribution in [0.3, 0.4) is 0 Å². The molecule has 0 unspecified atom stereocenters. The molecule has 8 aromatic rings. The number of rotatable bonds is 3. The fraction of sp³-hybridized carbons (Fsp3) is 0.333. The van der Waals surface area contributed by atoms with Crippen LogP contribution in [0.5, 0.6) is 0 Å². The summed E-state index contributed by atoms with van der Waals surface area (Å²) in [6.07, 6.45) is 3.55. The molecule has 3 nitrogen and oxygen atoms in total. The summed E-state index contributed by atoms with van der Waals surface area (Å²) >= 11 is 0. The van der Waals surface area contributed by atoms with E-state index in [0.717, 1.165) is 45.8 Å². The summed E-state index contributed by atoms with van der Waals surface area (Å²) in [7, 11) is 0. The van der Waals surface area contributed by atoms with Gasteiger partial charge in [-0.25, -0.2) is 0 Å². The number of hydrogen-bond acceptors (Lipinski definition) is 3. The molecule has 0 aliphatic heterocycles. The third-order valence-electron chi connectivity index (χ3n) is 11.6. The smallest absolute Gasteiger partial charge is 0.121 e. The van der Waals surface area contributed by atoms with Crippen LogP contribution in [0.1, 0.15) is 117 Å². The van der Waals surface area contributed by atoms with Crippen LogP contribution < -0.4 is 0 Å². The maximum atomic E-state index is 8.99. The van der Waals surface area contributed by atoms with Gasteiger partial charge in [-0.05, 0) is 115 Å². The molecule has 0 saturated carbocycles. The van der Waals surface area contributed by atoms with Crippen LogP contribution >= 0.6 is 0 Å². The van der Waals surface area contributed by atoms with Crippen LogP contribution in [0.2, 0.25) is 0 Å². The maximum Gasteiger partial charge on any atom is 0.121 e. The molecule has 3 heterocycles. The molecule has 299 valence electrons. The van der Waals surface area contributed by atoms with Crippen molar-refractivity contribution < 1.29 is 31.4 Å². The first kappa shape index (κ1) is 35.3. The van der Waals surface area contributed by atoms with Crippen LogP contribution in [-0.4, -0.2) is 9.97 Å². The molecule has 58 heavy (non-hydrogen) atoms. The van der Waals surface area contributed by atoms with Gasteiger partial charge in [-0.2, -0.15) is 0 Å². The fourth-order valence-corrected chi connectivity index (χ4v) is 8.54. The standard InChI is InChI=1S/C39H40NO.C15H16N.Ir/c1-23-22-40-32(18-24(23)21-37(2,3)4)28-15-11-14-27-30-19-31-29(20-33(30)41-36(27)28)25-12-9-10-13-26(25)34-35(31)39(7,8)17-16-38(34,5)6;1-15(2,3)13-9-10-14(16-11-13)12-7-5-4-6-8-12;/h9-14,18-20,22H,16-17,21H2,1-8H3;4-7,9-11H,1-3H3;/q2*-1;/i1D3,21D2;;. The van der Waals surface area contributed by atoms with Gasteiger partial charge in [0.05, 0.1) is 5.58 Å². The zero-order valence-corrected chi connectivity index (χ0v) is 37.8. The molecular formula is C54H56IrN2O-2. The molecule has 0 saturated heterocycles. The minimum atomic E-state index is -2.51. The topological polar surface area (TPSA) is 38.9 Å². The molecule has 1 aliphatic rings. The van der Waals surface area contributed by atoms with E-state index in [1.807, 2.05) is 42.6 Å². The van der Waals surface area contributed by atoms with E-state index in [4.69, 9.17) is 11.3 Å². The Morgan fingerprint density at radius 2 is 1.38 bits per heavy atom. The molecule has 9 rings (SSSR count). The van der Waals surface area contributed by atoms with Crippen molar-refractivity contribution in [1.29, 1.82) is 0 Å². The van der Waals surface area contributed by atoms with Crippen molar-refractivity contribution in [1.82, 2.24) is 9.97 Å². The van der Waals surface area contributed by atoms with Crippen molar-refractivity contribution in [2.24, 2.45) is 5.41 Å². The average Bonchev–Trinajstić information content (AvgIpc) is 3.58. The first-order valence-electron chi connectivity index (χ1n) is 22.6. The SMILES string of the molecule is CC(C)(C)c1ccc(-c2[c-]cccc2)nc1.[2H]C([2H])([2H])c1cnc(-c2[c-]ccc3c2oc2cc4c(cc23)c2c(c3ccccc34)C(C)(C)CCC2(C)C)cc1C([2H])([2H])C(C)(C)C.[Ir]. The van der Waals surface area contributed by atoms with Gasteiger partial charge in [0.1, 0.15) is 5.58 Å². The van der Waals surface area contributed by atoms with Crippen LogP contribution in [0.25, 0.3) is 66.0 Å². The van der Waals surface area contributed by atoms with Crippen LogP contribution in [0.4, 0.5) is 0 Å². The van der Waals surface area contributed by atoms with E-state index in [9.17, 15) is 0 Å². The second-order valence-corrected chi connectivity index (χ2v) is 19.1. The Morgan fingerprint density at radius 1 is 0.690 bits per heavy atom. The summed E-state index contributed by atoms with van der Waals surface area (Å²) < 4.78 is 49.0. The summed E-state index contributed by atoms with van der Waals surface area (Å²) in [6.45, 7) is 18.9. The first-order valence-corrected chi connectivity index (χ1v) is 20.1. The Balaban J connectivity index is 0.000000295. The van der Waals surface area contributed by atoms with E-state index in [-0.39, 0.29) is 47.5 Å². The summed E-state index contributed by atoms with van der Waals surface area (Å²) in [5.74, 6) is 0. The normalized spacial score (nSPS) is 16.6. The van der Waals surface area contributed by atoms with Crippen molar-refractivity contribution in [2.45, 2.75) is 112 Å². The van der Waals surface area contributed by atoms with Crippen molar-refractivity contribution >= 4 is 43.5 Å². The van der Waals surface area contributed by atoms with E-state index in [0.29, 0.717) is 16.8 Å². The molecule has 0 N–H and O–H groups in total. The first-order chi connectivity index (χ1) is 28.9. The van der Waals surface area contributed by atoms with Crippen molar-refractivity contribution in [3.63, 3.8) is 0 Å². The number of aryl methyl sites for hydroxylation is 1. The van der Waals surface area contributed by atoms with Gasteiger partial charge < -0.3 is 14.4 Å². The van der Waals surface area contributed by atoms with Gasteiger partial charge in [-0.1, -0.05) is 128 Å². The molecule has 1 radical (unpaired) electrons. The zero-order chi connectivity index (χ0) is 44.8. The van der Waals surface area contributed by atoms with E-state index in [1.54, 1.807) is 26.8 Å². The largest absolute Gasteiger partial charge is 0.501 e. The summed E-state index contributed by atoms with van der Waals surface area (Å²) in [6, 6.07) is 37.2. The summed E-state index contributed by atoms with van der Waals surface area (Å²) in [5, 5.41) is 6.84. The quantitative estimate of drug-likeness (QED) is 0.131. The molecule has 0 atom stereocenters. The Labute approximate surface area is 366 Å². The molecule has 0 fully saturated rings. The van der Waals surface area contributed by atoms with Gasteiger partial charge in [0.15, 0.2) is 0 Å². The van der Waals surface area contributed by atoms with Crippen LogP contribution in [0, 0.1) is 24.4 Å². The Bertz CT molecular complexity index is 2990. The molecule has 1 aliphatic carbocycles. The molecule has 0 spiro atoms. The minimum absolute atomic E-state index is 0. The van der Waals surface area contributed by atoms with E-state index in [1.165, 1.54) is 39.0 Å². The molecule has 0 amide bonds. The zero-order valence-electron chi connectivity index (χ0n) is 40.4.